The molecule has 0 bridgehead atoms. The van der Waals surface area contributed by atoms with Gasteiger partial charge in [-0.1, -0.05) is 6.07 Å². The molecule has 6 heteroatoms. The summed E-state index contributed by atoms with van der Waals surface area (Å²) in [5.74, 6) is -1.03. The minimum atomic E-state index is -1.03. The van der Waals surface area contributed by atoms with E-state index in [4.69, 9.17) is 5.11 Å². The maximum Gasteiger partial charge on any atom is 0.336 e. The molecule has 0 saturated carbocycles. The number of hydrogen-bond acceptors (Lipinski definition) is 3. The Hall–Kier alpha value is -2.08. The number of carbonyl (C=O) groups excluding carboxylic acids is 1. The van der Waals surface area contributed by atoms with Crippen LogP contribution in [0.2, 0.25) is 0 Å². The van der Waals surface area contributed by atoms with Gasteiger partial charge in [-0.3, -0.25) is 0 Å². The van der Waals surface area contributed by atoms with E-state index < -0.39 is 11.6 Å². The highest BCUT2D eigenvalue weighted by Gasteiger charge is 2.21. The molecule has 3 N–H and O–H groups in total. The number of aliphatic hydroxyl groups is 1. The quantitative estimate of drug-likeness (QED) is 0.777. The Morgan fingerprint density at radius 2 is 1.95 bits per heavy atom. The van der Waals surface area contributed by atoms with Gasteiger partial charge in [-0.25, -0.2) is 9.59 Å². The van der Waals surface area contributed by atoms with Crippen molar-refractivity contribution in [3.05, 3.63) is 29.3 Å². The molecule has 0 spiro atoms. The minimum absolute atomic E-state index is 0.151. The molecule has 1 rings (SSSR count). The Morgan fingerprint density at radius 3 is 2.43 bits per heavy atom. The highest BCUT2D eigenvalue weighted by Crippen LogP contribution is 2.16. The number of carbonyl (C=O) groups is 2. The summed E-state index contributed by atoms with van der Waals surface area (Å²) in [5.41, 5.74) is 0.201. The number of likely N-dealkylation sites (N-methyl/N-ethyl adjacent to an activating group) is 1. The summed E-state index contributed by atoms with van der Waals surface area (Å²) < 4.78 is 0. The van der Waals surface area contributed by atoms with Crippen molar-refractivity contribution in [1.29, 1.82) is 0 Å². The fourth-order valence-electron chi connectivity index (χ4n) is 1.93. The molecule has 0 unspecified atom stereocenters. The van der Waals surface area contributed by atoms with Crippen LogP contribution < -0.4 is 5.32 Å². The van der Waals surface area contributed by atoms with Crippen molar-refractivity contribution < 1.29 is 19.8 Å². The second-order valence-electron chi connectivity index (χ2n) is 5.59. The average Bonchev–Trinajstić information content (AvgIpc) is 2.36. The number of nitrogens with zero attached hydrogens (tertiary/aromatic N) is 1. The first-order chi connectivity index (χ1) is 9.64. The van der Waals surface area contributed by atoms with Crippen LogP contribution in [0.25, 0.3) is 0 Å². The monoisotopic (exact) mass is 294 g/mol. The normalized spacial score (nSPS) is 11.1. The fourth-order valence-corrected chi connectivity index (χ4v) is 1.93. The Bertz CT molecular complexity index is 535. The molecule has 0 radical (unpaired) electrons. The van der Waals surface area contributed by atoms with Crippen LogP contribution in [0.4, 0.5) is 10.5 Å². The molecule has 0 aromatic heterocycles. The molecule has 0 fully saturated rings. The summed E-state index contributed by atoms with van der Waals surface area (Å²) in [6.07, 6.45) is 0. The van der Waals surface area contributed by atoms with Gasteiger partial charge in [0.05, 0.1) is 17.7 Å². The van der Waals surface area contributed by atoms with Gasteiger partial charge < -0.3 is 20.4 Å². The minimum Gasteiger partial charge on any atom is -0.478 e. The number of urea groups is 1. The van der Waals surface area contributed by atoms with E-state index in [1.54, 1.807) is 32.9 Å². The van der Waals surface area contributed by atoms with Crippen LogP contribution in [0.15, 0.2) is 18.2 Å². The van der Waals surface area contributed by atoms with Gasteiger partial charge in [0.15, 0.2) is 0 Å². The van der Waals surface area contributed by atoms with Crippen molar-refractivity contribution in [2.24, 2.45) is 0 Å². The number of carboxylic acids is 1. The van der Waals surface area contributed by atoms with Crippen LogP contribution in [0.5, 0.6) is 0 Å². The van der Waals surface area contributed by atoms with Gasteiger partial charge in [-0.05, 0) is 45.4 Å². The van der Waals surface area contributed by atoms with E-state index >= 15 is 0 Å². The number of anilines is 1. The molecule has 0 atom stereocenters. The summed E-state index contributed by atoms with van der Waals surface area (Å²) >= 11 is 0. The van der Waals surface area contributed by atoms with Crippen molar-refractivity contribution in [1.82, 2.24) is 4.90 Å². The molecule has 2 amide bonds. The molecule has 1 aromatic carbocycles. The second-order valence-corrected chi connectivity index (χ2v) is 5.59. The molecule has 6 nitrogen and oxygen atoms in total. The van der Waals surface area contributed by atoms with Crippen LogP contribution in [0, 0.1) is 6.92 Å². The van der Waals surface area contributed by atoms with Gasteiger partial charge in [-0.15, -0.1) is 0 Å². The molecule has 0 aliphatic rings. The van der Waals surface area contributed by atoms with Gasteiger partial charge >= 0.3 is 12.0 Å². The number of nitrogens with one attached hydrogen (secondary N) is 1. The zero-order chi connectivity index (χ0) is 16.2. The van der Waals surface area contributed by atoms with Crippen molar-refractivity contribution in [3.63, 3.8) is 0 Å². The Kier molecular flexibility index (Phi) is 5.32. The predicted molar refractivity (Wildman–Crippen MR) is 80.7 cm³/mol. The van der Waals surface area contributed by atoms with Gasteiger partial charge in [0.2, 0.25) is 0 Å². The molecule has 21 heavy (non-hydrogen) atoms. The first-order valence-corrected chi connectivity index (χ1v) is 6.76. The Labute approximate surface area is 124 Å². The number of rotatable bonds is 5. The SMILES string of the molecule is CCN(CC(C)(C)O)C(=O)Nc1ccc(C)c(C(=O)O)c1. The first kappa shape index (κ1) is 17.0. The van der Waals surface area contributed by atoms with Crippen LogP contribution in [-0.4, -0.2) is 45.8 Å². The standard InChI is InChI=1S/C15H22N2O4/c1-5-17(9-15(3,4)21)14(20)16-11-7-6-10(2)12(8-11)13(18)19/h6-8,21H,5,9H2,1-4H3,(H,16,20)(H,18,19). The van der Waals surface area contributed by atoms with Crippen LogP contribution in [0.1, 0.15) is 36.7 Å². The van der Waals surface area contributed by atoms with Crippen molar-refractivity contribution >= 4 is 17.7 Å². The Morgan fingerprint density at radius 1 is 1.33 bits per heavy atom. The lowest BCUT2D eigenvalue weighted by atomic mass is 10.1. The van der Waals surface area contributed by atoms with Crippen LogP contribution in [0.3, 0.4) is 0 Å². The van der Waals surface area contributed by atoms with Gasteiger partial charge in [0.25, 0.3) is 0 Å². The van der Waals surface area contributed by atoms with E-state index in [0.29, 0.717) is 17.8 Å². The van der Waals surface area contributed by atoms with E-state index in [2.05, 4.69) is 5.32 Å². The molecular weight excluding hydrogens is 272 g/mol. The number of hydrogen-bond donors (Lipinski definition) is 3. The van der Waals surface area contributed by atoms with Gasteiger partial charge in [-0.2, -0.15) is 0 Å². The van der Waals surface area contributed by atoms with E-state index in [9.17, 15) is 14.7 Å². The van der Waals surface area contributed by atoms with Crippen molar-refractivity contribution in [2.75, 3.05) is 18.4 Å². The highest BCUT2D eigenvalue weighted by atomic mass is 16.4. The summed E-state index contributed by atoms with van der Waals surface area (Å²) in [6.45, 7) is 7.37. The molecule has 0 aliphatic heterocycles. The zero-order valence-electron chi connectivity index (χ0n) is 12.8. The van der Waals surface area contributed by atoms with Crippen molar-refractivity contribution in [2.45, 2.75) is 33.3 Å². The third-order valence-electron chi connectivity index (χ3n) is 2.97. The second kappa shape index (κ2) is 6.58. The number of aryl methyl sites for hydroxylation is 1. The number of carboxylic acid groups (broad SMARTS) is 1. The number of benzene rings is 1. The lowest BCUT2D eigenvalue weighted by Gasteiger charge is -2.28. The number of amides is 2. The van der Waals surface area contributed by atoms with E-state index in [0.717, 1.165) is 0 Å². The van der Waals surface area contributed by atoms with Crippen LogP contribution in [-0.2, 0) is 0 Å². The lowest BCUT2D eigenvalue weighted by molar-refractivity contribution is 0.0501. The average molecular weight is 294 g/mol. The van der Waals surface area contributed by atoms with E-state index in [1.807, 2.05) is 6.92 Å². The summed E-state index contributed by atoms with van der Waals surface area (Å²) in [6, 6.07) is 4.34. The molecule has 0 heterocycles. The van der Waals surface area contributed by atoms with Gasteiger partial charge in [0.1, 0.15) is 0 Å². The third-order valence-corrected chi connectivity index (χ3v) is 2.97. The molecule has 0 saturated heterocycles. The molecule has 0 aliphatic carbocycles. The molecule has 1 aromatic rings. The topological polar surface area (TPSA) is 89.9 Å². The first-order valence-electron chi connectivity index (χ1n) is 6.76. The summed E-state index contributed by atoms with van der Waals surface area (Å²) in [7, 11) is 0. The Balaban J connectivity index is 2.87. The lowest BCUT2D eigenvalue weighted by Crippen LogP contribution is -2.44. The number of aromatic carboxylic acids is 1. The summed E-state index contributed by atoms with van der Waals surface area (Å²) in [4.78, 5) is 24.7. The summed E-state index contributed by atoms with van der Waals surface area (Å²) in [5, 5.41) is 21.5. The predicted octanol–water partition coefficient (Wildman–Crippen LogP) is 2.32. The largest absolute Gasteiger partial charge is 0.478 e. The maximum atomic E-state index is 12.1. The third kappa shape index (κ3) is 5.07. The van der Waals surface area contributed by atoms with Crippen molar-refractivity contribution in [3.8, 4) is 0 Å². The highest BCUT2D eigenvalue weighted by molar-refractivity contribution is 5.94. The molecular formula is C15H22N2O4. The zero-order valence-corrected chi connectivity index (χ0v) is 12.8. The fraction of sp³-hybridized carbons (Fsp3) is 0.467. The van der Waals surface area contributed by atoms with Crippen LogP contribution >= 0.6 is 0 Å². The van der Waals surface area contributed by atoms with E-state index in [-0.39, 0.29) is 18.1 Å². The maximum absolute atomic E-state index is 12.1. The smallest absolute Gasteiger partial charge is 0.336 e. The van der Waals surface area contributed by atoms with Gasteiger partial charge in [0, 0.05) is 12.2 Å². The molecule has 116 valence electrons. The van der Waals surface area contributed by atoms with E-state index in [1.165, 1.54) is 11.0 Å².